The molecule has 2 nitrogen and oxygen atoms in total. The summed E-state index contributed by atoms with van der Waals surface area (Å²) in [5.41, 5.74) is 7.04. The van der Waals surface area contributed by atoms with Crippen molar-refractivity contribution in [1.29, 1.82) is 0 Å². The first-order valence-electron chi connectivity index (χ1n) is 4.63. The zero-order valence-electron chi connectivity index (χ0n) is 7.93. The van der Waals surface area contributed by atoms with Crippen LogP contribution < -0.4 is 5.73 Å². The lowest BCUT2D eigenvalue weighted by molar-refractivity contribution is 0.555. The van der Waals surface area contributed by atoms with Crippen LogP contribution in [0.3, 0.4) is 0 Å². The first-order valence-corrected chi connectivity index (χ1v) is 5.39. The summed E-state index contributed by atoms with van der Waals surface area (Å²) < 4.78 is 0. The van der Waals surface area contributed by atoms with E-state index in [-0.39, 0.29) is 11.5 Å². The maximum absolute atomic E-state index is 6.12. The van der Waals surface area contributed by atoms with E-state index in [1.165, 1.54) is 0 Å². The van der Waals surface area contributed by atoms with Gasteiger partial charge in [0.15, 0.2) is 0 Å². The Labute approximate surface area is 93.4 Å². The summed E-state index contributed by atoms with van der Waals surface area (Å²) in [5.74, 6) is 0. The molecule has 0 saturated heterocycles. The van der Waals surface area contributed by atoms with Gasteiger partial charge in [-0.15, -0.1) is 0 Å². The van der Waals surface area contributed by atoms with E-state index in [0.717, 1.165) is 18.4 Å². The van der Waals surface area contributed by atoms with E-state index < -0.39 is 0 Å². The maximum atomic E-state index is 6.12. The molecule has 0 aromatic carbocycles. The highest BCUT2D eigenvalue weighted by Gasteiger charge is 2.48. The summed E-state index contributed by atoms with van der Waals surface area (Å²) in [4.78, 5) is 4.05. The van der Waals surface area contributed by atoms with Gasteiger partial charge in [-0.25, -0.2) is 4.98 Å². The largest absolute Gasteiger partial charge is 0.327 e. The van der Waals surface area contributed by atoms with Crippen molar-refractivity contribution in [1.82, 2.24) is 4.98 Å². The molecule has 1 aliphatic rings. The molecule has 2 N–H and O–H groups in total. The lowest BCUT2D eigenvalue weighted by Crippen LogP contribution is -2.31. The molecule has 76 valence electrons. The van der Waals surface area contributed by atoms with E-state index in [1.54, 1.807) is 12.3 Å². The van der Waals surface area contributed by atoms with Crippen LogP contribution >= 0.6 is 23.2 Å². The van der Waals surface area contributed by atoms with Gasteiger partial charge in [-0.05, 0) is 31.4 Å². The SMILES string of the molecule is CC(N)C1(c2cnc(Cl)cc2Cl)CC1. The monoisotopic (exact) mass is 230 g/mol. The van der Waals surface area contributed by atoms with E-state index in [4.69, 9.17) is 28.9 Å². The molecule has 1 fully saturated rings. The van der Waals surface area contributed by atoms with Crippen molar-refractivity contribution in [2.45, 2.75) is 31.2 Å². The zero-order valence-corrected chi connectivity index (χ0v) is 9.44. The number of hydrogen-bond acceptors (Lipinski definition) is 2. The number of hydrogen-bond donors (Lipinski definition) is 1. The molecule has 1 heterocycles. The molecule has 1 unspecified atom stereocenters. The van der Waals surface area contributed by atoms with Gasteiger partial charge in [0.2, 0.25) is 0 Å². The van der Waals surface area contributed by atoms with Crippen LogP contribution in [-0.4, -0.2) is 11.0 Å². The molecule has 14 heavy (non-hydrogen) atoms. The fourth-order valence-electron chi connectivity index (χ4n) is 1.88. The predicted octanol–water partition coefficient (Wildman–Crippen LogP) is 2.77. The lowest BCUT2D eigenvalue weighted by atomic mass is 9.91. The fourth-order valence-corrected chi connectivity index (χ4v) is 2.43. The Bertz CT molecular complexity index is 359. The van der Waals surface area contributed by atoms with Crippen molar-refractivity contribution in [3.05, 3.63) is 28.0 Å². The Morgan fingerprint density at radius 3 is 2.57 bits per heavy atom. The molecule has 0 aliphatic heterocycles. The topological polar surface area (TPSA) is 38.9 Å². The molecule has 1 saturated carbocycles. The van der Waals surface area contributed by atoms with Crippen LogP contribution in [0.1, 0.15) is 25.3 Å². The fraction of sp³-hybridized carbons (Fsp3) is 0.500. The van der Waals surface area contributed by atoms with E-state index in [9.17, 15) is 0 Å². The van der Waals surface area contributed by atoms with E-state index in [0.29, 0.717) is 10.2 Å². The number of nitrogens with zero attached hydrogens (tertiary/aromatic N) is 1. The first kappa shape index (κ1) is 10.2. The maximum Gasteiger partial charge on any atom is 0.130 e. The Morgan fingerprint density at radius 2 is 2.14 bits per heavy atom. The van der Waals surface area contributed by atoms with Crippen LogP contribution in [0, 0.1) is 0 Å². The van der Waals surface area contributed by atoms with E-state index in [2.05, 4.69) is 4.98 Å². The highest BCUT2D eigenvalue weighted by molar-refractivity contribution is 6.34. The van der Waals surface area contributed by atoms with Crippen LogP contribution in [0.4, 0.5) is 0 Å². The van der Waals surface area contributed by atoms with Crippen LogP contribution in [0.15, 0.2) is 12.3 Å². The Kier molecular flexibility index (Phi) is 2.46. The Balaban J connectivity index is 2.42. The average molecular weight is 231 g/mol. The summed E-state index contributed by atoms with van der Waals surface area (Å²) in [6, 6.07) is 1.80. The smallest absolute Gasteiger partial charge is 0.130 e. The number of pyridine rings is 1. The molecule has 4 heteroatoms. The second kappa shape index (κ2) is 3.37. The van der Waals surface area contributed by atoms with Gasteiger partial charge in [-0.2, -0.15) is 0 Å². The standard InChI is InChI=1S/C10H12Cl2N2/c1-6(13)10(2-3-10)7-5-14-9(12)4-8(7)11/h4-6H,2-3,13H2,1H3. The molecule has 0 radical (unpaired) electrons. The average Bonchev–Trinajstić information content (AvgIpc) is 2.84. The molecular formula is C10H12Cl2N2. The Hall–Kier alpha value is -0.310. The number of aromatic nitrogens is 1. The van der Waals surface area contributed by atoms with Crippen molar-refractivity contribution < 1.29 is 0 Å². The highest BCUT2D eigenvalue weighted by Crippen LogP contribution is 2.52. The first-order chi connectivity index (χ1) is 6.56. The van der Waals surface area contributed by atoms with Gasteiger partial charge in [0.1, 0.15) is 5.15 Å². The third kappa shape index (κ3) is 1.52. The van der Waals surface area contributed by atoms with Crippen LogP contribution in [-0.2, 0) is 5.41 Å². The minimum atomic E-state index is 0.0503. The molecule has 1 atom stereocenters. The number of nitrogens with two attached hydrogens (primary N) is 1. The lowest BCUT2D eigenvalue weighted by Gasteiger charge is -2.20. The van der Waals surface area contributed by atoms with Crippen molar-refractivity contribution in [3.8, 4) is 0 Å². The van der Waals surface area contributed by atoms with Gasteiger partial charge in [-0.1, -0.05) is 23.2 Å². The summed E-state index contributed by atoms with van der Waals surface area (Å²) in [7, 11) is 0. The molecule has 0 bridgehead atoms. The van der Waals surface area contributed by atoms with Gasteiger partial charge >= 0.3 is 0 Å². The van der Waals surface area contributed by atoms with Gasteiger partial charge < -0.3 is 5.73 Å². The quantitative estimate of drug-likeness (QED) is 0.795. The van der Waals surface area contributed by atoms with Crippen LogP contribution in [0.2, 0.25) is 10.2 Å². The molecule has 1 aromatic rings. The molecular weight excluding hydrogens is 219 g/mol. The summed E-state index contributed by atoms with van der Waals surface area (Å²) in [6.45, 7) is 2.01. The molecule has 0 spiro atoms. The summed E-state index contributed by atoms with van der Waals surface area (Å²) in [5, 5.41) is 1.11. The normalized spacial score (nSPS) is 20.6. The van der Waals surface area contributed by atoms with Crippen molar-refractivity contribution in [2.24, 2.45) is 5.73 Å². The van der Waals surface area contributed by atoms with Crippen molar-refractivity contribution in [2.75, 3.05) is 0 Å². The van der Waals surface area contributed by atoms with Gasteiger partial charge in [0.05, 0.1) is 0 Å². The Morgan fingerprint density at radius 1 is 1.50 bits per heavy atom. The zero-order chi connectivity index (χ0) is 10.3. The van der Waals surface area contributed by atoms with E-state index in [1.807, 2.05) is 6.92 Å². The van der Waals surface area contributed by atoms with Crippen LogP contribution in [0.25, 0.3) is 0 Å². The highest BCUT2D eigenvalue weighted by atomic mass is 35.5. The molecule has 2 rings (SSSR count). The van der Waals surface area contributed by atoms with Gasteiger partial charge in [0.25, 0.3) is 0 Å². The third-order valence-electron chi connectivity index (χ3n) is 3.02. The third-order valence-corrected chi connectivity index (χ3v) is 3.54. The van der Waals surface area contributed by atoms with Crippen molar-refractivity contribution >= 4 is 23.2 Å². The number of rotatable bonds is 2. The van der Waals surface area contributed by atoms with Crippen molar-refractivity contribution in [3.63, 3.8) is 0 Å². The summed E-state index contributed by atoms with van der Waals surface area (Å²) >= 11 is 11.9. The van der Waals surface area contributed by atoms with Crippen LogP contribution in [0.5, 0.6) is 0 Å². The number of halogens is 2. The minimum absolute atomic E-state index is 0.0503. The molecule has 1 aliphatic carbocycles. The second-order valence-corrected chi connectivity index (χ2v) is 4.73. The molecule has 1 aromatic heterocycles. The summed E-state index contributed by atoms with van der Waals surface area (Å²) in [6.07, 6.45) is 3.93. The van der Waals surface area contributed by atoms with Gasteiger partial charge in [-0.3, -0.25) is 0 Å². The molecule has 0 amide bonds. The van der Waals surface area contributed by atoms with E-state index >= 15 is 0 Å². The predicted molar refractivity (Wildman–Crippen MR) is 58.8 cm³/mol. The second-order valence-electron chi connectivity index (χ2n) is 3.93. The minimum Gasteiger partial charge on any atom is -0.327 e. The van der Waals surface area contributed by atoms with Gasteiger partial charge in [0, 0.05) is 22.7 Å².